The van der Waals surface area contributed by atoms with E-state index in [1.165, 1.54) is 5.56 Å². The molecule has 0 amide bonds. The van der Waals surface area contributed by atoms with E-state index in [1.54, 1.807) is 18.9 Å². The molecule has 4 nitrogen and oxygen atoms in total. The quantitative estimate of drug-likeness (QED) is 0.307. The Kier molecular flexibility index (Phi) is 6.70. The van der Waals surface area contributed by atoms with Gasteiger partial charge in [-0.25, -0.2) is 4.98 Å². The van der Waals surface area contributed by atoms with Gasteiger partial charge in [-0.2, -0.15) is 0 Å². The number of methoxy groups -OCH3 is 1. The highest BCUT2D eigenvalue weighted by atomic mass is 79.9. The predicted octanol–water partition coefficient (Wildman–Crippen LogP) is 6.74. The van der Waals surface area contributed by atoms with Crippen molar-refractivity contribution in [3.05, 3.63) is 70.7 Å². The molecule has 4 rings (SSSR count). The fourth-order valence-corrected chi connectivity index (χ4v) is 5.16. The number of halogens is 1. The highest BCUT2D eigenvalue weighted by Crippen LogP contribution is 2.43. The average molecular weight is 497 g/mol. The van der Waals surface area contributed by atoms with E-state index < -0.39 is 0 Å². The second-order valence-electron chi connectivity index (χ2n) is 7.59. The SMILES string of the molecule is COc1cc(Sc2ccccc2)c(Br)c2nc(-c3ccc(C(C)C)cc3)n(CCO)c12. The fourth-order valence-electron chi connectivity index (χ4n) is 3.62. The molecular formula is C25H25BrN2O2S. The summed E-state index contributed by atoms with van der Waals surface area (Å²) in [6, 6.07) is 20.8. The van der Waals surface area contributed by atoms with Crippen LogP contribution >= 0.6 is 27.7 Å². The molecule has 160 valence electrons. The van der Waals surface area contributed by atoms with Crippen LogP contribution in [0.2, 0.25) is 0 Å². The van der Waals surface area contributed by atoms with Crippen molar-refractivity contribution in [2.75, 3.05) is 13.7 Å². The van der Waals surface area contributed by atoms with Crippen LogP contribution < -0.4 is 4.74 Å². The molecule has 0 atom stereocenters. The molecular weight excluding hydrogens is 472 g/mol. The molecule has 0 saturated heterocycles. The minimum atomic E-state index is 0.0177. The molecule has 0 aliphatic carbocycles. The largest absolute Gasteiger partial charge is 0.494 e. The molecule has 3 aromatic carbocycles. The van der Waals surface area contributed by atoms with Crippen LogP contribution in [0.1, 0.15) is 25.3 Å². The first-order chi connectivity index (χ1) is 15.0. The topological polar surface area (TPSA) is 47.3 Å². The maximum Gasteiger partial charge on any atom is 0.146 e. The number of hydrogen-bond donors (Lipinski definition) is 1. The maximum atomic E-state index is 9.76. The maximum absolute atomic E-state index is 9.76. The molecule has 0 unspecified atom stereocenters. The Bertz CT molecular complexity index is 1190. The van der Waals surface area contributed by atoms with Crippen molar-refractivity contribution in [3.63, 3.8) is 0 Å². The smallest absolute Gasteiger partial charge is 0.146 e. The zero-order valence-corrected chi connectivity index (χ0v) is 20.2. The van der Waals surface area contributed by atoms with Crippen molar-refractivity contribution in [2.45, 2.75) is 36.1 Å². The van der Waals surface area contributed by atoms with Gasteiger partial charge in [0.05, 0.1) is 18.2 Å². The van der Waals surface area contributed by atoms with Crippen LogP contribution in [0.25, 0.3) is 22.4 Å². The number of aliphatic hydroxyl groups is 1. The fraction of sp³-hybridized carbons (Fsp3) is 0.240. The van der Waals surface area contributed by atoms with Gasteiger partial charge in [0.1, 0.15) is 22.6 Å². The van der Waals surface area contributed by atoms with Crippen molar-refractivity contribution in [2.24, 2.45) is 0 Å². The number of hydrogen-bond acceptors (Lipinski definition) is 4. The van der Waals surface area contributed by atoms with Gasteiger partial charge in [-0.3, -0.25) is 0 Å². The zero-order valence-electron chi connectivity index (χ0n) is 17.8. The molecule has 0 bridgehead atoms. The Labute approximate surface area is 195 Å². The first kappa shape index (κ1) is 21.9. The minimum absolute atomic E-state index is 0.0177. The summed E-state index contributed by atoms with van der Waals surface area (Å²) in [7, 11) is 1.67. The van der Waals surface area contributed by atoms with Crippen molar-refractivity contribution >= 4 is 38.7 Å². The van der Waals surface area contributed by atoms with Gasteiger partial charge in [0.25, 0.3) is 0 Å². The highest BCUT2D eigenvalue weighted by molar-refractivity contribution is 9.10. The molecule has 31 heavy (non-hydrogen) atoms. The lowest BCUT2D eigenvalue weighted by Gasteiger charge is -2.13. The summed E-state index contributed by atoms with van der Waals surface area (Å²) in [6.45, 7) is 4.82. The second kappa shape index (κ2) is 9.47. The molecule has 4 aromatic rings. The van der Waals surface area contributed by atoms with Gasteiger partial charge in [-0.15, -0.1) is 0 Å². The van der Waals surface area contributed by atoms with E-state index in [0.29, 0.717) is 12.5 Å². The van der Waals surface area contributed by atoms with Crippen molar-refractivity contribution in [1.82, 2.24) is 9.55 Å². The van der Waals surface area contributed by atoms with Crippen LogP contribution in [0.15, 0.2) is 74.9 Å². The number of aliphatic hydroxyl groups excluding tert-OH is 1. The summed E-state index contributed by atoms with van der Waals surface area (Å²) >= 11 is 5.45. The van der Waals surface area contributed by atoms with Gasteiger partial charge in [0.15, 0.2) is 0 Å². The third-order valence-corrected chi connectivity index (χ3v) is 7.35. The molecule has 6 heteroatoms. The summed E-state index contributed by atoms with van der Waals surface area (Å²) in [6.07, 6.45) is 0. The third-order valence-electron chi connectivity index (χ3n) is 5.24. The van der Waals surface area contributed by atoms with Gasteiger partial charge in [-0.05, 0) is 45.6 Å². The van der Waals surface area contributed by atoms with E-state index in [9.17, 15) is 5.11 Å². The molecule has 1 heterocycles. The molecule has 0 aliphatic rings. The van der Waals surface area contributed by atoms with E-state index in [1.807, 2.05) is 28.8 Å². The van der Waals surface area contributed by atoms with Gasteiger partial charge in [-0.1, -0.05) is 68.1 Å². The highest BCUT2D eigenvalue weighted by Gasteiger charge is 2.21. The van der Waals surface area contributed by atoms with Gasteiger partial charge >= 0.3 is 0 Å². The van der Waals surface area contributed by atoms with Gasteiger partial charge in [0.2, 0.25) is 0 Å². The van der Waals surface area contributed by atoms with E-state index in [-0.39, 0.29) is 6.61 Å². The Balaban J connectivity index is 1.89. The van der Waals surface area contributed by atoms with Gasteiger partial charge < -0.3 is 14.4 Å². The summed E-state index contributed by atoms with van der Waals surface area (Å²) in [5, 5.41) is 9.76. The number of ether oxygens (including phenoxy) is 1. The number of benzene rings is 3. The summed E-state index contributed by atoms with van der Waals surface area (Å²) in [5.74, 6) is 2.03. The van der Waals surface area contributed by atoms with Gasteiger partial charge in [0, 0.05) is 21.9 Å². The predicted molar refractivity (Wildman–Crippen MR) is 131 cm³/mol. The van der Waals surface area contributed by atoms with Crippen LogP contribution in [-0.4, -0.2) is 28.4 Å². The van der Waals surface area contributed by atoms with Crippen LogP contribution in [0.5, 0.6) is 5.75 Å². The molecule has 0 saturated carbocycles. The molecule has 1 aromatic heterocycles. The van der Waals surface area contributed by atoms with E-state index in [2.05, 4.69) is 66.2 Å². The monoisotopic (exact) mass is 496 g/mol. The number of imidazole rings is 1. The Morgan fingerprint density at radius 1 is 1.10 bits per heavy atom. The van der Waals surface area contributed by atoms with Crippen LogP contribution in [0, 0.1) is 0 Å². The van der Waals surface area contributed by atoms with Crippen LogP contribution in [0.4, 0.5) is 0 Å². The summed E-state index contributed by atoms with van der Waals surface area (Å²) in [5.41, 5.74) is 4.01. The van der Waals surface area contributed by atoms with E-state index >= 15 is 0 Å². The average Bonchev–Trinajstić information content (AvgIpc) is 3.16. The third kappa shape index (κ3) is 4.38. The summed E-state index contributed by atoms with van der Waals surface area (Å²) < 4.78 is 8.74. The van der Waals surface area contributed by atoms with Crippen LogP contribution in [-0.2, 0) is 6.54 Å². The first-order valence-corrected chi connectivity index (χ1v) is 11.8. The van der Waals surface area contributed by atoms with Crippen molar-refractivity contribution in [3.8, 4) is 17.1 Å². The molecule has 0 fully saturated rings. The standard InChI is InChI=1S/C25H25BrN2O2S/c1-16(2)17-9-11-18(12-10-17)25-27-23-22(26)21(31-19-7-5-4-6-8-19)15-20(30-3)24(23)28(25)13-14-29/h4-12,15-16,29H,13-14H2,1-3H3. The second-order valence-corrected chi connectivity index (χ2v) is 9.50. The number of rotatable bonds is 7. The molecule has 0 spiro atoms. The molecule has 0 radical (unpaired) electrons. The first-order valence-electron chi connectivity index (χ1n) is 10.2. The Hall–Kier alpha value is -2.28. The number of nitrogens with zero attached hydrogens (tertiary/aromatic N) is 2. The Morgan fingerprint density at radius 2 is 1.81 bits per heavy atom. The zero-order chi connectivity index (χ0) is 22.0. The lowest BCUT2D eigenvalue weighted by Crippen LogP contribution is -2.05. The number of fused-ring (bicyclic) bond motifs is 1. The van der Waals surface area contributed by atoms with E-state index in [4.69, 9.17) is 9.72 Å². The lowest BCUT2D eigenvalue weighted by molar-refractivity contribution is 0.278. The molecule has 0 aliphatic heterocycles. The molecule has 1 N–H and O–H groups in total. The minimum Gasteiger partial charge on any atom is -0.494 e. The lowest BCUT2D eigenvalue weighted by atomic mass is 10.0. The Morgan fingerprint density at radius 3 is 2.42 bits per heavy atom. The summed E-state index contributed by atoms with van der Waals surface area (Å²) in [4.78, 5) is 7.17. The van der Waals surface area contributed by atoms with Crippen molar-refractivity contribution in [1.29, 1.82) is 0 Å². The van der Waals surface area contributed by atoms with Crippen molar-refractivity contribution < 1.29 is 9.84 Å². The van der Waals surface area contributed by atoms with E-state index in [0.717, 1.165) is 42.4 Å². The van der Waals surface area contributed by atoms with Crippen LogP contribution in [0.3, 0.4) is 0 Å². The number of aromatic nitrogens is 2. The normalized spacial score (nSPS) is 11.4.